The third kappa shape index (κ3) is 4.75. The number of aromatic nitrogens is 2. The molecule has 1 spiro atoms. The van der Waals surface area contributed by atoms with E-state index in [2.05, 4.69) is 21.4 Å². The number of ether oxygens (including phenoxy) is 1. The average molecular weight is 393 g/mol. The first kappa shape index (κ1) is 21.3. The van der Waals surface area contributed by atoms with E-state index in [0.29, 0.717) is 6.54 Å². The molecule has 7 nitrogen and oxygen atoms in total. The fraction of sp³-hybridized carbons (Fsp3) is 0.810. The Labute approximate surface area is 168 Å². The largest absolute Gasteiger partial charge is 0.396 e. The second-order valence-corrected chi connectivity index (χ2v) is 8.64. The lowest BCUT2D eigenvalue weighted by Crippen LogP contribution is -2.55. The summed E-state index contributed by atoms with van der Waals surface area (Å²) in [7, 11) is 0. The van der Waals surface area contributed by atoms with E-state index in [9.17, 15) is 9.90 Å². The van der Waals surface area contributed by atoms with Crippen molar-refractivity contribution in [2.24, 2.45) is 11.3 Å². The Morgan fingerprint density at radius 1 is 1.32 bits per heavy atom. The molecule has 28 heavy (non-hydrogen) atoms. The summed E-state index contributed by atoms with van der Waals surface area (Å²) in [5.74, 6) is 0.208. The number of nitrogens with zero attached hydrogens (tertiary/aromatic N) is 4. The summed E-state index contributed by atoms with van der Waals surface area (Å²) < 4.78 is 7.68. The lowest BCUT2D eigenvalue weighted by atomic mass is 9.64. The zero-order valence-electron chi connectivity index (χ0n) is 17.6. The number of aliphatic hydroxyl groups excluding tert-OH is 1. The molecule has 0 bridgehead atoms. The minimum absolute atomic E-state index is 0.0484. The number of piperidine rings is 2. The number of likely N-dealkylation sites (tertiary alicyclic amines) is 2. The van der Waals surface area contributed by atoms with Gasteiger partial charge in [0.15, 0.2) is 0 Å². The van der Waals surface area contributed by atoms with Crippen LogP contribution in [0.2, 0.25) is 0 Å². The summed E-state index contributed by atoms with van der Waals surface area (Å²) in [6.07, 6.45) is 7.08. The number of amides is 1. The van der Waals surface area contributed by atoms with Gasteiger partial charge >= 0.3 is 0 Å². The SMILES string of the molecule is CCn1cncc1CN1CCC2(CC1)CCN(C(=O)COC(C)C)C[C@H]2CO. The molecule has 1 aromatic rings. The maximum absolute atomic E-state index is 12.4. The molecule has 2 fully saturated rings. The number of hydrogen-bond donors (Lipinski definition) is 1. The van der Waals surface area contributed by atoms with Crippen molar-refractivity contribution in [2.45, 2.75) is 59.2 Å². The molecule has 0 aliphatic carbocycles. The lowest BCUT2D eigenvalue weighted by Gasteiger charge is -2.51. The van der Waals surface area contributed by atoms with Gasteiger partial charge in [-0.25, -0.2) is 4.98 Å². The highest BCUT2D eigenvalue weighted by atomic mass is 16.5. The number of rotatable bonds is 7. The van der Waals surface area contributed by atoms with Gasteiger partial charge < -0.3 is 19.3 Å². The van der Waals surface area contributed by atoms with Crippen LogP contribution >= 0.6 is 0 Å². The van der Waals surface area contributed by atoms with Crippen LogP contribution < -0.4 is 0 Å². The number of hydrogen-bond acceptors (Lipinski definition) is 5. The first-order chi connectivity index (χ1) is 13.5. The lowest BCUT2D eigenvalue weighted by molar-refractivity contribution is -0.144. The average Bonchev–Trinajstić information content (AvgIpc) is 3.15. The smallest absolute Gasteiger partial charge is 0.248 e. The highest BCUT2D eigenvalue weighted by Gasteiger charge is 2.45. The van der Waals surface area contributed by atoms with Crippen LogP contribution in [-0.4, -0.2) is 75.9 Å². The summed E-state index contributed by atoms with van der Waals surface area (Å²) in [6.45, 7) is 11.7. The fourth-order valence-corrected chi connectivity index (χ4v) is 4.73. The van der Waals surface area contributed by atoms with E-state index in [-0.39, 0.29) is 36.6 Å². The Kier molecular flexibility index (Phi) is 7.12. The van der Waals surface area contributed by atoms with Crippen LogP contribution in [-0.2, 0) is 22.6 Å². The fourth-order valence-electron chi connectivity index (χ4n) is 4.73. The van der Waals surface area contributed by atoms with Gasteiger partial charge in [0.2, 0.25) is 5.91 Å². The zero-order valence-corrected chi connectivity index (χ0v) is 17.6. The van der Waals surface area contributed by atoms with Gasteiger partial charge in [-0.3, -0.25) is 9.69 Å². The van der Waals surface area contributed by atoms with Crippen LogP contribution in [0, 0.1) is 11.3 Å². The minimum Gasteiger partial charge on any atom is -0.396 e. The van der Waals surface area contributed by atoms with E-state index >= 15 is 0 Å². The number of carbonyl (C=O) groups is 1. The van der Waals surface area contributed by atoms with Crippen molar-refractivity contribution in [2.75, 3.05) is 39.4 Å². The van der Waals surface area contributed by atoms with E-state index < -0.39 is 0 Å². The van der Waals surface area contributed by atoms with Gasteiger partial charge in [0.25, 0.3) is 0 Å². The Hall–Kier alpha value is -1.44. The van der Waals surface area contributed by atoms with Gasteiger partial charge in [0.1, 0.15) is 6.61 Å². The van der Waals surface area contributed by atoms with Crippen LogP contribution in [0.1, 0.15) is 45.7 Å². The second kappa shape index (κ2) is 9.37. The van der Waals surface area contributed by atoms with E-state index in [1.54, 1.807) is 0 Å². The molecule has 1 atom stereocenters. The highest BCUT2D eigenvalue weighted by molar-refractivity contribution is 5.77. The monoisotopic (exact) mass is 392 g/mol. The molecule has 0 aromatic carbocycles. The van der Waals surface area contributed by atoms with E-state index in [4.69, 9.17) is 4.74 Å². The van der Waals surface area contributed by atoms with Gasteiger partial charge in [-0.1, -0.05) is 0 Å². The summed E-state index contributed by atoms with van der Waals surface area (Å²) in [6, 6.07) is 0. The summed E-state index contributed by atoms with van der Waals surface area (Å²) in [4.78, 5) is 21.1. The summed E-state index contributed by atoms with van der Waals surface area (Å²) in [5, 5.41) is 10.1. The van der Waals surface area contributed by atoms with Gasteiger partial charge in [0, 0.05) is 44.9 Å². The van der Waals surface area contributed by atoms with E-state index in [1.165, 1.54) is 5.69 Å². The Morgan fingerprint density at radius 2 is 2.04 bits per heavy atom. The van der Waals surface area contributed by atoms with Crippen molar-refractivity contribution >= 4 is 5.91 Å². The van der Waals surface area contributed by atoms with Crippen molar-refractivity contribution in [1.29, 1.82) is 0 Å². The normalized spacial score (nSPS) is 22.9. The van der Waals surface area contributed by atoms with E-state index in [1.807, 2.05) is 31.3 Å². The molecule has 3 rings (SSSR count). The Bertz CT molecular complexity index is 637. The zero-order chi connectivity index (χ0) is 20.1. The van der Waals surface area contributed by atoms with Crippen LogP contribution in [0.15, 0.2) is 12.5 Å². The predicted octanol–water partition coefficient (Wildman–Crippen LogP) is 1.75. The molecule has 0 unspecified atom stereocenters. The molecule has 2 aliphatic heterocycles. The third-order valence-corrected chi connectivity index (χ3v) is 6.68. The molecule has 0 radical (unpaired) electrons. The first-order valence-corrected chi connectivity index (χ1v) is 10.7. The molecule has 1 N–H and O–H groups in total. The van der Waals surface area contributed by atoms with Crippen molar-refractivity contribution in [3.8, 4) is 0 Å². The standard InChI is InChI=1S/C21H36N4O3/c1-4-24-16-22-11-19(24)13-23-8-5-21(6-9-23)7-10-25(12-18(21)14-26)20(27)15-28-17(2)3/h11,16-18,26H,4-10,12-15H2,1-3H3/t18-/m0/s1. The highest BCUT2D eigenvalue weighted by Crippen LogP contribution is 2.45. The quantitative estimate of drug-likeness (QED) is 0.766. The van der Waals surface area contributed by atoms with Gasteiger partial charge in [-0.2, -0.15) is 0 Å². The second-order valence-electron chi connectivity index (χ2n) is 8.64. The van der Waals surface area contributed by atoms with Crippen molar-refractivity contribution < 1.29 is 14.6 Å². The molecule has 1 aromatic heterocycles. The first-order valence-electron chi connectivity index (χ1n) is 10.7. The molecular weight excluding hydrogens is 356 g/mol. The van der Waals surface area contributed by atoms with Crippen LogP contribution in [0.3, 0.4) is 0 Å². The predicted molar refractivity (Wildman–Crippen MR) is 108 cm³/mol. The van der Waals surface area contributed by atoms with Crippen molar-refractivity contribution in [1.82, 2.24) is 19.4 Å². The minimum atomic E-state index is 0.0484. The topological polar surface area (TPSA) is 70.8 Å². The van der Waals surface area contributed by atoms with Gasteiger partial charge in [0.05, 0.1) is 18.1 Å². The van der Waals surface area contributed by atoms with Crippen LogP contribution in [0.4, 0.5) is 0 Å². The molecular formula is C21H36N4O3. The molecule has 158 valence electrons. The van der Waals surface area contributed by atoms with Crippen LogP contribution in [0.25, 0.3) is 0 Å². The molecule has 3 heterocycles. The maximum atomic E-state index is 12.4. The number of carbonyl (C=O) groups excluding carboxylic acids is 1. The maximum Gasteiger partial charge on any atom is 0.248 e. The number of imidazole rings is 1. The Morgan fingerprint density at radius 3 is 2.68 bits per heavy atom. The van der Waals surface area contributed by atoms with Gasteiger partial charge in [-0.15, -0.1) is 0 Å². The molecule has 2 aliphatic rings. The van der Waals surface area contributed by atoms with Gasteiger partial charge in [-0.05, 0) is 58.5 Å². The van der Waals surface area contributed by atoms with E-state index in [0.717, 1.165) is 52.0 Å². The molecule has 7 heteroatoms. The van der Waals surface area contributed by atoms with Crippen molar-refractivity contribution in [3.63, 3.8) is 0 Å². The molecule has 2 saturated heterocycles. The molecule has 1 amide bonds. The third-order valence-electron chi connectivity index (χ3n) is 6.68. The Balaban J connectivity index is 1.54. The van der Waals surface area contributed by atoms with Crippen molar-refractivity contribution in [3.05, 3.63) is 18.2 Å². The number of aliphatic hydroxyl groups is 1. The molecule has 0 saturated carbocycles. The summed E-state index contributed by atoms with van der Waals surface area (Å²) >= 11 is 0. The number of aryl methyl sites for hydroxylation is 1. The van der Waals surface area contributed by atoms with Crippen LogP contribution in [0.5, 0.6) is 0 Å². The summed E-state index contributed by atoms with van der Waals surface area (Å²) in [5.41, 5.74) is 1.43.